The minimum atomic E-state index is 0.815. The average molecular weight is 265 g/mol. The normalized spacial score (nSPS) is 10.9. The monoisotopic (exact) mass is 264 g/mol. The number of benzene rings is 1. The Labute approximate surface area is 97.6 Å². The zero-order chi connectivity index (χ0) is 11.0. The lowest BCUT2D eigenvalue weighted by Crippen LogP contribution is -1.96. The number of nitrogen functional groups attached to an aromatic ring is 1. The predicted molar refractivity (Wildman–Crippen MR) is 68.0 cm³/mol. The van der Waals surface area contributed by atoms with E-state index in [1.54, 1.807) is 0 Å². The number of aryl methyl sites for hydroxylation is 2. The summed E-state index contributed by atoms with van der Waals surface area (Å²) < 4.78 is 1.00. The summed E-state index contributed by atoms with van der Waals surface area (Å²) in [4.78, 5) is 4.59. The number of pyridine rings is 1. The Morgan fingerprint density at radius 2 is 2.13 bits per heavy atom. The smallest absolute Gasteiger partial charge is 0.0870 e. The SMILES string of the molecule is CCc1cc(N)c2c(C)ccc(Br)c2n1. The van der Waals surface area contributed by atoms with Gasteiger partial charge in [-0.15, -0.1) is 0 Å². The summed E-state index contributed by atoms with van der Waals surface area (Å²) in [6, 6.07) is 6.03. The molecule has 2 rings (SSSR count). The Morgan fingerprint density at radius 3 is 2.80 bits per heavy atom. The summed E-state index contributed by atoms with van der Waals surface area (Å²) in [5.74, 6) is 0. The van der Waals surface area contributed by atoms with Gasteiger partial charge >= 0.3 is 0 Å². The molecule has 1 aromatic carbocycles. The van der Waals surface area contributed by atoms with Crippen LogP contribution in [0, 0.1) is 6.92 Å². The van der Waals surface area contributed by atoms with Gasteiger partial charge in [-0.2, -0.15) is 0 Å². The predicted octanol–water partition coefficient (Wildman–Crippen LogP) is 3.45. The number of nitrogens with two attached hydrogens (primary N) is 1. The molecule has 15 heavy (non-hydrogen) atoms. The number of hydrogen-bond donors (Lipinski definition) is 1. The molecular formula is C12H13BrN2. The zero-order valence-corrected chi connectivity index (χ0v) is 10.4. The van der Waals surface area contributed by atoms with Crippen LogP contribution >= 0.6 is 15.9 Å². The second-order valence-electron chi connectivity index (χ2n) is 3.64. The fourth-order valence-corrected chi connectivity index (χ4v) is 2.17. The maximum Gasteiger partial charge on any atom is 0.0870 e. The van der Waals surface area contributed by atoms with Crippen molar-refractivity contribution in [1.29, 1.82) is 0 Å². The minimum absolute atomic E-state index is 0.815. The van der Waals surface area contributed by atoms with E-state index in [2.05, 4.69) is 40.8 Å². The molecule has 0 saturated heterocycles. The van der Waals surface area contributed by atoms with Crippen molar-refractivity contribution < 1.29 is 0 Å². The van der Waals surface area contributed by atoms with Gasteiger partial charge in [0.1, 0.15) is 0 Å². The lowest BCUT2D eigenvalue weighted by molar-refractivity contribution is 1.06. The Morgan fingerprint density at radius 1 is 1.40 bits per heavy atom. The van der Waals surface area contributed by atoms with Crippen LogP contribution in [0.5, 0.6) is 0 Å². The lowest BCUT2D eigenvalue weighted by Gasteiger charge is -2.08. The van der Waals surface area contributed by atoms with Crippen molar-refractivity contribution in [3.63, 3.8) is 0 Å². The van der Waals surface area contributed by atoms with Crippen molar-refractivity contribution in [3.8, 4) is 0 Å². The van der Waals surface area contributed by atoms with Gasteiger partial charge in [0, 0.05) is 21.2 Å². The minimum Gasteiger partial charge on any atom is -0.398 e. The molecule has 3 heteroatoms. The first-order valence-electron chi connectivity index (χ1n) is 4.97. The molecular weight excluding hydrogens is 252 g/mol. The van der Waals surface area contributed by atoms with E-state index in [9.17, 15) is 0 Å². The Kier molecular flexibility index (Phi) is 2.65. The summed E-state index contributed by atoms with van der Waals surface area (Å²) in [7, 11) is 0. The van der Waals surface area contributed by atoms with Gasteiger partial charge in [-0.1, -0.05) is 13.0 Å². The largest absolute Gasteiger partial charge is 0.398 e. The fraction of sp³-hybridized carbons (Fsp3) is 0.250. The van der Waals surface area contributed by atoms with Gasteiger partial charge in [0.05, 0.1) is 5.52 Å². The van der Waals surface area contributed by atoms with Gasteiger partial charge in [-0.05, 0) is 47.0 Å². The number of fused-ring (bicyclic) bond motifs is 1. The van der Waals surface area contributed by atoms with E-state index in [1.807, 2.05) is 12.1 Å². The first kappa shape index (κ1) is 10.4. The van der Waals surface area contributed by atoms with Crippen LogP contribution < -0.4 is 5.73 Å². The molecule has 1 aromatic heterocycles. The molecule has 2 N–H and O–H groups in total. The molecule has 0 radical (unpaired) electrons. The number of halogens is 1. The molecule has 0 atom stereocenters. The van der Waals surface area contributed by atoms with Crippen molar-refractivity contribution in [1.82, 2.24) is 4.98 Å². The van der Waals surface area contributed by atoms with Crippen LogP contribution in [0.2, 0.25) is 0 Å². The van der Waals surface area contributed by atoms with Gasteiger partial charge < -0.3 is 5.73 Å². The summed E-state index contributed by atoms with van der Waals surface area (Å²) in [6.45, 7) is 4.13. The molecule has 0 spiro atoms. The fourth-order valence-electron chi connectivity index (χ4n) is 1.75. The third-order valence-corrected chi connectivity index (χ3v) is 3.21. The third kappa shape index (κ3) is 1.72. The van der Waals surface area contributed by atoms with E-state index in [0.717, 1.165) is 33.2 Å². The van der Waals surface area contributed by atoms with E-state index >= 15 is 0 Å². The highest BCUT2D eigenvalue weighted by molar-refractivity contribution is 9.10. The second-order valence-corrected chi connectivity index (χ2v) is 4.50. The van der Waals surface area contributed by atoms with Crippen molar-refractivity contribution in [2.45, 2.75) is 20.3 Å². The van der Waals surface area contributed by atoms with Crippen LogP contribution in [-0.2, 0) is 6.42 Å². The van der Waals surface area contributed by atoms with Crippen LogP contribution in [0.3, 0.4) is 0 Å². The van der Waals surface area contributed by atoms with Crippen LogP contribution in [0.25, 0.3) is 10.9 Å². The summed E-state index contributed by atoms with van der Waals surface area (Å²) in [6.07, 6.45) is 0.903. The number of aromatic nitrogens is 1. The topological polar surface area (TPSA) is 38.9 Å². The van der Waals surface area contributed by atoms with Gasteiger partial charge in [-0.3, -0.25) is 4.98 Å². The highest BCUT2D eigenvalue weighted by atomic mass is 79.9. The summed E-state index contributed by atoms with van der Waals surface area (Å²) in [5, 5.41) is 1.06. The molecule has 78 valence electrons. The van der Waals surface area contributed by atoms with E-state index in [-0.39, 0.29) is 0 Å². The number of nitrogens with zero attached hydrogens (tertiary/aromatic N) is 1. The molecule has 0 unspecified atom stereocenters. The molecule has 2 aromatic rings. The Balaban J connectivity index is 2.90. The first-order chi connectivity index (χ1) is 7.13. The number of rotatable bonds is 1. The molecule has 0 bridgehead atoms. The van der Waals surface area contributed by atoms with Crippen LogP contribution in [0.1, 0.15) is 18.2 Å². The van der Waals surface area contributed by atoms with E-state index in [1.165, 1.54) is 5.56 Å². The highest BCUT2D eigenvalue weighted by Gasteiger charge is 2.07. The maximum atomic E-state index is 6.04. The molecule has 0 aliphatic heterocycles. The van der Waals surface area contributed by atoms with Crippen molar-refractivity contribution in [2.75, 3.05) is 5.73 Å². The average Bonchev–Trinajstić information content (AvgIpc) is 2.23. The lowest BCUT2D eigenvalue weighted by atomic mass is 10.1. The Hall–Kier alpha value is -1.09. The van der Waals surface area contributed by atoms with Crippen LogP contribution in [0.4, 0.5) is 5.69 Å². The molecule has 0 saturated carbocycles. The van der Waals surface area contributed by atoms with Crippen LogP contribution in [-0.4, -0.2) is 4.98 Å². The molecule has 1 heterocycles. The highest BCUT2D eigenvalue weighted by Crippen LogP contribution is 2.29. The molecule has 2 nitrogen and oxygen atoms in total. The number of hydrogen-bond acceptors (Lipinski definition) is 2. The maximum absolute atomic E-state index is 6.04. The van der Waals surface area contributed by atoms with Crippen LogP contribution in [0.15, 0.2) is 22.7 Å². The summed E-state index contributed by atoms with van der Waals surface area (Å²) >= 11 is 3.51. The van der Waals surface area contributed by atoms with Gasteiger partial charge in [-0.25, -0.2) is 0 Å². The first-order valence-corrected chi connectivity index (χ1v) is 5.77. The Bertz CT molecular complexity index is 521. The van der Waals surface area contributed by atoms with Crippen molar-refractivity contribution in [3.05, 3.63) is 33.9 Å². The third-order valence-electron chi connectivity index (χ3n) is 2.57. The standard InChI is InChI=1S/C12H13BrN2/c1-3-8-6-10(14)11-7(2)4-5-9(13)12(11)15-8/h4-6H,3H2,1-2H3,(H2,14,15). The molecule has 0 aliphatic rings. The van der Waals surface area contributed by atoms with E-state index < -0.39 is 0 Å². The molecule has 0 fully saturated rings. The second kappa shape index (κ2) is 3.81. The van der Waals surface area contributed by atoms with Gasteiger partial charge in [0.2, 0.25) is 0 Å². The van der Waals surface area contributed by atoms with E-state index in [4.69, 9.17) is 5.73 Å². The molecule has 0 aliphatic carbocycles. The zero-order valence-electron chi connectivity index (χ0n) is 8.84. The van der Waals surface area contributed by atoms with E-state index in [0.29, 0.717) is 0 Å². The number of anilines is 1. The van der Waals surface area contributed by atoms with Crippen molar-refractivity contribution >= 4 is 32.5 Å². The quantitative estimate of drug-likeness (QED) is 0.857. The summed E-state index contributed by atoms with van der Waals surface area (Å²) in [5.41, 5.74) is 10.0. The van der Waals surface area contributed by atoms with Crippen molar-refractivity contribution in [2.24, 2.45) is 0 Å². The van der Waals surface area contributed by atoms with Gasteiger partial charge in [0.15, 0.2) is 0 Å². The molecule has 0 amide bonds. The van der Waals surface area contributed by atoms with Gasteiger partial charge in [0.25, 0.3) is 0 Å².